The van der Waals surface area contributed by atoms with Gasteiger partial charge in [-0.3, -0.25) is 0 Å². The van der Waals surface area contributed by atoms with Gasteiger partial charge >= 0.3 is 0 Å². The molecule has 0 saturated heterocycles. The van der Waals surface area contributed by atoms with Gasteiger partial charge in [-0.1, -0.05) is 26.7 Å². The van der Waals surface area contributed by atoms with Crippen LogP contribution in [0.1, 0.15) is 45.4 Å². The molecule has 1 heterocycles. The Morgan fingerprint density at radius 3 is 2.82 bits per heavy atom. The van der Waals surface area contributed by atoms with Gasteiger partial charge in [0.15, 0.2) is 0 Å². The predicted molar refractivity (Wildman–Crippen MR) is 68.4 cm³/mol. The summed E-state index contributed by atoms with van der Waals surface area (Å²) in [6, 6.07) is 0.653. The van der Waals surface area contributed by atoms with Crippen LogP contribution in [0.3, 0.4) is 0 Å². The van der Waals surface area contributed by atoms with E-state index >= 15 is 0 Å². The molecule has 0 radical (unpaired) electrons. The smallest absolute Gasteiger partial charge is 0.146 e. The van der Waals surface area contributed by atoms with E-state index in [0.29, 0.717) is 6.04 Å². The Kier molecular flexibility index (Phi) is 4.15. The monoisotopic (exact) mass is 236 g/mol. The Hall–Kier alpha value is -0.900. The topological polar surface area (TPSA) is 42.7 Å². The molecule has 4 nitrogen and oxygen atoms in total. The first-order valence-electron chi connectivity index (χ1n) is 6.74. The van der Waals surface area contributed by atoms with E-state index in [1.807, 2.05) is 11.6 Å². The van der Waals surface area contributed by atoms with Gasteiger partial charge in [-0.05, 0) is 24.7 Å². The summed E-state index contributed by atoms with van der Waals surface area (Å²) in [7, 11) is 2.00. The molecule has 1 saturated carbocycles. The Labute approximate surface area is 104 Å². The molecule has 0 spiro atoms. The molecule has 1 aliphatic carbocycles. The Balaban J connectivity index is 1.90. The maximum Gasteiger partial charge on any atom is 0.146 e. The number of nitrogens with one attached hydrogen (secondary N) is 1. The molecule has 1 fully saturated rings. The van der Waals surface area contributed by atoms with E-state index in [1.165, 1.54) is 25.7 Å². The van der Waals surface area contributed by atoms with E-state index in [9.17, 15) is 0 Å². The van der Waals surface area contributed by atoms with Gasteiger partial charge < -0.3 is 9.88 Å². The summed E-state index contributed by atoms with van der Waals surface area (Å²) in [6.07, 6.45) is 7.19. The van der Waals surface area contributed by atoms with E-state index in [0.717, 1.165) is 24.2 Å². The fourth-order valence-corrected chi connectivity index (χ4v) is 2.90. The largest absolute Gasteiger partial charge is 0.320 e. The highest BCUT2D eigenvalue weighted by atomic mass is 15.3. The van der Waals surface area contributed by atoms with E-state index in [4.69, 9.17) is 0 Å². The summed E-state index contributed by atoms with van der Waals surface area (Å²) >= 11 is 0. The Bertz CT molecular complexity index is 345. The maximum absolute atomic E-state index is 4.12. The van der Waals surface area contributed by atoms with Crippen molar-refractivity contribution < 1.29 is 0 Å². The van der Waals surface area contributed by atoms with Crippen molar-refractivity contribution in [3.05, 3.63) is 12.2 Å². The molecule has 4 heteroatoms. The van der Waals surface area contributed by atoms with Gasteiger partial charge in [0, 0.05) is 13.1 Å². The van der Waals surface area contributed by atoms with Crippen LogP contribution in [-0.4, -0.2) is 20.8 Å². The fourth-order valence-electron chi connectivity index (χ4n) is 2.90. The van der Waals surface area contributed by atoms with Crippen molar-refractivity contribution in [1.82, 2.24) is 20.1 Å². The average Bonchev–Trinajstić information content (AvgIpc) is 2.72. The number of rotatable bonds is 4. The SMILES string of the molecule is CC(C)C1CCCCC1NCc1nncn1C. The lowest BCUT2D eigenvalue weighted by molar-refractivity contribution is 0.203. The second-order valence-corrected chi connectivity index (χ2v) is 5.54. The van der Waals surface area contributed by atoms with Crippen LogP contribution in [0.2, 0.25) is 0 Å². The normalized spacial score (nSPS) is 25.4. The molecule has 2 rings (SSSR count). The van der Waals surface area contributed by atoms with Crippen LogP contribution in [0.5, 0.6) is 0 Å². The predicted octanol–water partition coefficient (Wildman–Crippen LogP) is 2.12. The van der Waals surface area contributed by atoms with Crippen LogP contribution in [-0.2, 0) is 13.6 Å². The number of hydrogen-bond acceptors (Lipinski definition) is 3. The molecule has 0 aromatic carbocycles. The van der Waals surface area contributed by atoms with Crippen LogP contribution in [0.4, 0.5) is 0 Å². The minimum atomic E-state index is 0.653. The van der Waals surface area contributed by atoms with Crippen molar-refractivity contribution in [3.63, 3.8) is 0 Å². The fraction of sp³-hybridized carbons (Fsp3) is 0.846. The highest BCUT2D eigenvalue weighted by Crippen LogP contribution is 2.30. The minimum absolute atomic E-state index is 0.653. The van der Waals surface area contributed by atoms with Crippen molar-refractivity contribution in [2.45, 2.75) is 52.1 Å². The molecule has 0 amide bonds. The first-order valence-corrected chi connectivity index (χ1v) is 6.74. The molecule has 0 aliphatic heterocycles. The summed E-state index contributed by atoms with van der Waals surface area (Å²) < 4.78 is 1.99. The van der Waals surface area contributed by atoms with Crippen molar-refractivity contribution in [3.8, 4) is 0 Å². The van der Waals surface area contributed by atoms with Crippen LogP contribution in [0, 0.1) is 11.8 Å². The highest BCUT2D eigenvalue weighted by molar-refractivity contribution is 4.88. The lowest BCUT2D eigenvalue weighted by atomic mass is 9.78. The summed E-state index contributed by atoms with van der Waals surface area (Å²) in [6.45, 7) is 5.52. The standard InChI is InChI=1S/C13H24N4/c1-10(2)11-6-4-5-7-12(11)14-8-13-16-15-9-17(13)3/h9-12,14H,4-8H2,1-3H3. The maximum atomic E-state index is 4.12. The van der Waals surface area contributed by atoms with Gasteiger partial charge in [-0.2, -0.15) is 0 Å². The molecule has 1 aromatic rings. The van der Waals surface area contributed by atoms with Crippen molar-refractivity contribution in [2.24, 2.45) is 18.9 Å². The van der Waals surface area contributed by atoms with Gasteiger partial charge in [0.25, 0.3) is 0 Å². The van der Waals surface area contributed by atoms with E-state index in [1.54, 1.807) is 6.33 Å². The van der Waals surface area contributed by atoms with E-state index in [2.05, 4.69) is 29.4 Å². The van der Waals surface area contributed by atoms with Gasteiger partial charge in [0.2, 0.25) is 0 Å². The van der Waals surface area contributed by atoms with Crippen LogP contribution in [0.15, 0.2) is 6.33 Å². The average molecular weight is 236 g/mol. The molecule has 17 heavy (non-hydrogen) atoms. The zero-order chi connectivity index (χ0) is 12.3. The molecule has 0 bridgehead atoms. The third kappa shape index (κ3) is 3.06. The summed E-state index contributed by atoms with van der Waals surface area (Å²) in [5, 5.41) is 11.7. The lowest BCUT2D eigenvalue weighted by Crippen LogP contribution is -2.40. The van der Waals surface area contributed by atoms with Crippen molar-refractivity contribution in [2.75, 3.05) is 0 Å². The summed E-state index contributed by atoms with van der Waals surface area (Å²) in [5.74, 6) is 2.61. The first-order chi connectivity index (χ1) is 8.18. The number of aryl methyl sites for hydroxylation is 1. The zero-order valence-electron chi connectivity index (χ0n) is 11.2. The summed E-state index contributed by atoms with van der Waals surface area (Å²) in [4.78, 5) is 0. The number of aromatic nitrogens is 3. The van der Waals surface area contributed by atoms with Gasteiger partial charge in [0.05, 0.1) is 6.54 Å². The Morgan fingerprint density at radius 2 is 2.18 bits per heavy atom. The Morgan fingerprint density at radius 1 is 1.41 bits per heavy atom. The molecular weight excluding hydrogens is 212 g/mol. The van der Waals surface area contributed by atoms with Gasteiger partial charge in [-0.25, -0.2) is 0 Å². The molecule has 2 unspecified atom stereocenters. The number of nitrogens with zero attached hydrogens (tertiary/aromatic N) is 3. The first kappa shape index (κ1) is 12.6. The minimum Gasteiger partial charge on any atom is -0.320 e. The second kappa shape index (κ2) is 5.63. The van der Waals surface area contributed by atoms with Gasteiger partial charge in [-0.15, -0.1) is 10.2 Å². The molecule has 96 valence electrons. The number of hydrogen-bond donors (Lipinski definition) is 1. The quantitative estimate of drug-likeness (QED) is 0.870. The van der Waals surface area contributed by atoms with Crippen molar-refractivity contribution in [1.29, 1.82) is 0 Å². The third-order valence-electron chi connectivity index (χ3n) is 4.00. The molecule has 2 atom stereocenters. The summed E-state index contributed by atoms with van der Waals surface area (Å²) in [5.41, 5.74) is 0. The van der Waals surface area contributed by atoms with E-state index in [-0.39, 0.29) is 0 Å². The second-order valence-electron chi connectivity index (χ2n) is 5.54. The van der Waals surface area contributed by atoms with E-state index < -0.39 is 0 Å². The molecular formula is C13H24N4. The highest BCUT2D eigenvalue weighted by Gasteiger charge is 2.27. The van der Waals surface area contributed by atoms with Crippen molar-refractivity contribution >= 4 is 0 Å². The molecule has 1 aliphatic rings. The zero-order valence-corrected chi connectivity index (χ0v) is 11.2. The van der Waals surface area contributed by atoms with Crippen LogP contribution >= 0.6 is 0 Å². The molecule has 1 N–H and O–H groups in total. The lowest BCUT2D eigenvalue weighted by Gasteiger charge is -2.35. The van der Waals surface area contributed by atoms with Crippen LogP contribution < -0.4 is 5.32 Å². The third-order valence-corrected chi connectivity index (χ3v) is 4.00. The van der Waals surface area contributed by atoms with Gasteiger partial charge in [0.1, 0.15) is 12.2 Å². The van der Waals surface area contributed by atoms with Crippen LogP contribution in [0.25, 0.3) is 0 Å². The molecule has 1 aromatic heterocycles.